The van der Waals surface area contributed by atoms with Crippen molar-refractivity contribution < 1.29 is 9.59 Å². The number of benzene rings is 1. The van der Waals surface area contributed by atoms with Crippen molar-refractivity contribution in [2.75, 3.05) is 38.0 Å². The number of aryl methyl sites for hydroxylation is 1. The zero-order valence-corrected chi connectivity index (χ0v) is 18.5. The summed E-state index contributed by atoms with van der Waals surface area (Å²) >= 11 is 0. The van der Waals surface area contributed by atoms with Crippen LogP contribution in [0.15, 0.2) is 18.2 Å². The van der Waals surface area contributed by atoms with Gasteiger partial charge in [-0.25, -0.2) is 0 Å². The highest BCUT2D eigenvalue weighted by Gasteiger charge is 2.33. The average molecular weight is 400 g/mol. The monoisotopic (exact) mass is 399 g/mol. The van der Waals surface area contributed by atoms with Crippen molar-refractivity contribution >= 4 is 17.5 Å². The van der Waals surface area contributed by atoms with Crippen molar-refractivity contribution in [1.29, 1.82) is 0 Å². The van der Waals surface area contributed by atoms with Crippen LogP contribution in [0.4, 0.5) is 5.69 Å². The first-order valence-corrected chi connectivity index (χ1v) is 11.3. The van der Waals surface area contributed by atoms with E-state index in [1.54, 1.807) is 0 Å². The third-order valence-electron chi connectivity index (χ3n) is 6.75. The summed E-state index contributed by atoms with van der Waals surface area (Å²) in [4.78, 5) is 30.2. The predicted octanol–water partition coefficient (Wildman–Crippen LogP) is 4.03. The van der Waals surface area contributed by atoms with Crippen molar-refractivity contribution in [3.8, 4) is 0 Å². The number of para-hydroxylation sites is 1. The van der Waals surface area contributed by atoms with Crippen LogP contribution in [0.1, 0.15) is 63.5 Å². The fourth-order valence-corrected chi connectivity index (χ4v) is 4.71. The van der Waals surface area contributed by atoms with Crippen LogP contribution in [0, 0.1) is 18.8 Å². The second-order valence-electron chi connectivity index (χ2n) is 8.99. The summed E-state index contributed by atoms with van der Waals surface area (Å²) in [5, 5.41) is 3.21. The quantitative estimate of drug-likeness (QED) is 0.813. The zero-order chi connectivity index (χ0) is 21.0. The second kappa shape index (κ2) is 9.75. The van der Waals surface area contributed by atoms with E-state index in [1.165, 1.54) is 5.56 Å². The Hall–Kier alpha value is -1.88. The number of anilines is 1. The summed E-state index contributed by atoms with van der Waals surface area (Å²) in [5.74, 6) is 0.892. The molecule has 2 amide bonds. The standard InChI is InChI=1S/C24H37N3O2/c1-5-26-13-15-27(16-14-26)24(29)20-11-9-19(10-12-20)23(28)25-22-18(4)7-6-8-21(22)17(2)3/h6-8,17,19-20H,5,9-16H2,1-4H3,(H,25,28). The first kappa shape index (κ1) is 21.8. The Bertz CT molecular complexity index is 715. The molecule has 0 bridgehead atoms. The van der Waals surface area contributed by atoms with Crippen LogP contribution in [-0.2, 0) is 9.59 Å². The molecule has 1 saturated heterocycles. The van der Waals surface area contributed by atoms with Gasteiger partial charge in [0.15, 0.2) is 0 Å². The summed E-state index contributed by atoms with van der Waals surface area (Å²) in [5.41, 5.74) is 3.27. The summed E-state index contributed by atoms with van der Waals surface area (Å²) < 4.78 is 0. The molecule has 160 valence electrons. The molecule has 3 rings (SSSR count). The molecule has 0 aromatic heterocycles. The van der Waals surface area contributed by atoms with Crippen molar-refractivity contribution in [3.05, 3.63) is 29.3 Å². The number of piperazine rings is 1. The maximum atomic E-state index is 12.9. The van der Waals surface area contributed by atoms with Gasteiger partial charge in [-0.3, -0.25) is 9.59 Å². The lowest BCUT2D eigenvalue weighted by Crippen LogP contribution is -2.50. The molecule has 1 aromatic carbocycles. The molecule has 1 N–H and O–H groups in total. The van der Waals surface area contributed by atoms with Gasteiger partial charge in [-0.15, -0.1) is 0 Å². The Morgan fingerprint density at radius 2 is 1.66 bits per heavy atom. The zero-order valence-electron chi connectivity index (χ0n) is 18.5. The first-order chi connectivity index (χ1) is 13.9. The summed E-state index contributed by atoms with van der Waals surface area (Å²) in [6.45, 7) is 13.2. The first-order valence-electron chi connectivity index (χ1n) is 11.3. The van der Waals surface area contributed by atoms with Gasteiger partial charge < -0.3 is 15.1 Å². The number of carbonyl (C=O) groups excluding carboxylic acids is 2. The van der Waals surface area contributed by atoms with Gasteiger partial charge in [0.05, 0.1) is 0 Å². The molecule has 5 nitrogen and oxygen atoms in total. The van der Waals surface area contributed by atoms with Gasteiger partial charge in [0.2, 0.25) is 11.8 Å². The van der Waals surface area contributed by atoms with E-state index in [2.05, 4.69) is 56.1 Å². The van der Waals surface area contributed by atoms with E-state index in [1.807, 2.05) is 4.90 Å². The number of rotatable bonds is 5. The number of hydrogen-bond acceptors (Lipinski definition) is 3. The van der Waals surface area contributed by atoms with Crippen LogP contribution in [-0.4, -0.2) is 54.3 Å². The molecule has 0 spiro atoms. The number of hydrogen-bond donors (Lipinski definition) is 1. The molecule has 2 fully saturated rings. The minimum absolute atomic E-state index is 0.00982. The van der Waals surface area contributed by atoms with E-state index >= 15 is 0 Å². The number of likely N-dealkylation sites (N-methyl/N-ethyl adjacent to an activating group) is 1. The fourth-order valence-electron chi connectivity index (χ4n) is 4.71. The molecule has 1 aliphatic heterocycles. The molecular formula is C24H37N3O2. The molecular weight excluding hydrogens is 362 g/mol. The summed E-state index contributed by atoms with van der Waals surface area (Å²) in [6.07, 6.45) is 3.27. The van der Waals surface area contributed by atoms with Crippen LogP contribution in [0.5, 0.6) is 0 Å². The molecule has 0 atom stereocenters. The van der Waals surface area contributed by atoms with Crippen LogP contribution in [0.3, 0.4) is 0 Å². The van der Waals surface area contributed by atoms with E-state index in [4.69, 9.17) is 0 Å². The maximum Gasteiger partial charge on any atom is 0.227 e. The van der Waals surface area contributed by atoms with E-state index in [9.17, 15) is 9.59 Å². The van der Waals surface area contributed by atoms with Crippen molar-refractivity contribution in [2.24, 2.45) is 11.8 Å². The van der Waals surface area contributed by atoms with Gasteiger partial charge in [0, 0.05) is 43.7 Å². The van der Waals surface area contributed by atoms with Crippen LogP contribution >= 0.6 is 0 Å². The smallest absolute Gasteiger partial charge is 0.227 e. The lowest BCUT2D eigenvalue weighted by atomic mass is 9.80. The third-order valence-corrected chi connectivity index (χ3v) is 6.75. The van der Waals surface area contributed by atoms with Crippen molar-refractivity contribution in [2.45, 2.75) is 59.3 Å². The van der Waals surface area contributed by atoms with Gasteiger partial charge in [0.25, 0.3) is 0 Å². The molecule has 2 aliphatic rings. The van der Waals surface area contributed by atoms with Crippen LogP contribution < -0.4 is 5.32 Å². The molecule has 29 heavy (non-hydrogen) atoms. The SMILES string of the molecule is CCN1CCN(C(=O)C2CCC(C(=O)Nc3c(C)cccc3C(C)C)CC2)CC1. The number of amides is 2. The average Bonchev–Trinajstić information content (AvgIpc) is 2.74. The predicted molar refractivity (Wildman–Crippen MR) is 118 cm³/mol. The highest BCUT2D eigenvalue weighted by Crippen LogP contribution is 2.33. The molecule has 1 heterocycles. The number of carbonyl (C=O) groups is 2. The van der Waals surface area contributed by atoms with Gasteiger partial charge in [-0.2, -0.15) is 0 Å². The maximum absolute atomic E-state index is 12.9. The van der Waals surface area contributed by atoms with Crippen LogP contribution in [0.2, 0.25) is 0 Å². The molecule has 0 radical (unpaired) electrons. The minimum atomic E-state index is 0.00982. The molecule has 0 unspecified atom stereocenters. The molecule has 5 heteroatoms. The second-order valence-corrected chi connectivity index (χ2v) is 8.99. The van der Waals surface area contributed by atoms with E-state index in [-0.39, 0.29) is 17.7 Å². The Morgan fingerprint density at radius 1 is 1.03 bits per heavy atom. The van der Waals surface area contributed by atoms with E-state index in [0.717, 1.165) is 69.7 Å². The minimum Gasteiger partial charge on any atom is -0.340 e. The Balaban J connectivity index is 1.53. The lowest BCUT2D eigenvalue weighted by molar-refractivity contribution is -0.139. The molecule has 1 saturated carbocycles. The van der Waals surface area contributed by atoms with Gasteiger partial charge >= 0.3 is 0 Å². The normalized spacial score (nSPS) is 23.3. The summed E-state index contributed by atoms with van der Waals surface area (Å²) in [7, 11) is 0. The molecule has 1 aromatic rings. The fraction of sp³-hybridized carbons (Fsp3) is 0.667. The van der Waals surface area contributed by atoms with E-state index < -0.39 is 0 Å². The Labute approximate surface area is 175 Å². The topological polar surface area (TPSA) is 52.7 Å². The lowest BCUT2D eigenvalue weighted by Gasteiger charge is -2.37. The van der Waals surface area contributed by atoms with Crippen molar-refractivity contribution in [3.63, 3.8) is 0 Å². The van der Waals surface area contributed by atoms with Crippen molar-refractivity contribution in [1.82, 2.24) is 9.80 Å². The number of nitrogens with one attached hydrogen (secondary N) is 1. The van der Waals surface area contributed by atoms with Gasteiger partial charge in [-0.05, 0) is 56.2 Å². The summed E-state index contributed by atoms with van der Waals surface area (Å²) in [6, 6.07) is 6.20. The molecule has 1 aliphatic carbocycles. The highest BCUT2D eigenvalue weighted by molar-refractivity contribution is 5.94. The number of nitrogens with zero attached hydrogens (tertiary/aromatic N) is 2. The van der Waals surface area contributed by atoms with E-state index in [0.29, 0.717) is 11.8 Å². The third kappa shape index (κ3) is 5.19. The largest absolute Gasteiger partial charge is 0.340 e. The van der Waals surface area contributed by atoms with Crippen LogP contribution in [0.25, 0.3) is 0 Å². The highest BCUT2D eigenvalue weighted by atomic mass is 16.2. The Morgan fingerprint density at radius 3 is 2.24 bits per heavy atom. The van der Waals surface area contributed by atoms with Gasteiger partial charge in [-0.1, -0.05) is 39.0 Å². The van der Waals surface area contributed by atoms with Gasteiger partial charge in [0.1, 0.15) is 0 Å². The Kier molecular flexibility index (Phi) is 7.33.